The van der Waals surface area contributed by atoms with Crippen LogP contribution in [0.1, 0.15) is 12.7 Å². The number of rotatable bonds is 5. The van der Waals surface area contributed by atoms with Gasteiger partial charge in [0.05, 0.1) is 6.61 Å². The molecule has 0 atom stereocenters. The number of halogens is 2. The smallest absolute Gasteiger partial charge is 0.387 e. The molecule has 0 fully saturated rings. The zero-order valence-electron chi connectivity index (χ0n) is 11.6. The molecular formula is C13H16F2N4O2. The first-order valence-electron chi connectivity index (χ1n) is 6.26. The maximum Gasteiger partial charge on any atom is 0.387 e. The molecule has 0 spiro atoms. The van der Waals surface area contributed by atoms with Gasteiger partial charge < -0.3 is 21.1 Å². The molecular weight excluding hydrogens is 282 g/mol. The minimum absolute atomic E-state index is 0.0434. The van der Waals surface area contributed by atoms with Crippen molar-refractivity contribution in [2.75, 3.05) is 18.2 Å². The fourth-order valence-electron chi connectivity index (χ4n) is 1.89. The number of alkyl halides is 2. The Morgan fingerprint density at radius 1 is 1.33 bits per heavy atom. The lowest BCUT2D eigenvalue weighted by Gasteiger charge is -2.12. The highest BCUT2D eigenvalue weighted by molar-refractivity contribution is 5.73. The first-order chi connectivity index (χ1) is 9.93. The molecule has 0 saturated heterocycles. The Labute approximate surface area is 120 Å². The summed E-state index contributed by atoms with van der Waals surface area (Å²) in [5.74, 6) is 6.67. The number of nitrogens with two attached hydrogens (primary N) is 2. The highest BCUT2D eigenvalue weighted by atomic mass is 19.3. The second kappa shape index (κ2) is 5.86. The average molecular weight is 298 g/mol. The number of ether oxygens (including phenoxy) is 2. The molecule has 2 rings (SSSR count). The predicted octanol–water partition coefficient (Wildman–Crippen LogP) is 2.15. The average Bonchev–Trinajstić information content (AvgIpc) is 2.68. The summed E-state index contributed by atoms with van der Waals surface area (Å²) in [6.07, 6.45) is 0. The van der Waals surface area contributed by atoms with E-state index in [1.807, 2.05) is 0 Å². The molecule has 0 aliphatic carbocycles. The quantitative estimate of drug-likeness (QED) is 0.826. The van der Waals surface area contributed by atoms with Crippen LogP contribution in [0, 0.1) is 6.92 Å². The van der Waals surface area contributed by atoms with Crippen LogP contribution < -0.4 is 21.1 Å². The molecule has 114 valence electrons. The monoisotopic (exact) mass is 298 g/mol. The van der Waals surface area contributed by atoms with Gasteiger partial charge in [0.1, 0.15) is 11.5 Å². The van der Waals surface area contributed by atoms with E-state index in [9.17, 15) is 8.78 Å². The van der Waals surface area contributed by atoms with Crippen molar-refractivity contribution in [3.8, 4) is 22.8 Å². The van der Waals surface area contributed by atoms with Gasteiger partial charge in [0, 0.05) is 5.56 Å². The van der Waals surface area contributed by atoms with Crippen LogP contribution in [0.5, 0.6) is 11.5 Å². The molecule has 0 bridgehead atoms. The summed E-state index contributed by atoms with van der Waals surface area (Å²) in [5, 5.41) is 0. The number of hydrogen-bond acceptors (Lipinski definition) is 5. The number of nitrogens with zero attached hydrogens (tertiary/aromatic N) is 2. The number of nitrogen functional groups attached to an aromatic ring is 2. The number of benzene rings is 1. The van der Waals surface area contributed by atoms with Crippen LogP contribution >= 0.6 is 0 Å². The molecule has 0 saturated carbocycles. The predicted molar refractivity (Wildman–Crippen MR) is 74.8 cm³/mol. The first-order valence-corrected chi connectivity index (χ1v) is 6.26. The van der Waals surface area contributed by atoms with Crippen molar-refractivity contribution < 1.29 is 18.3 Å². The normalized spacial score (nSPS) is 10.9. The number of aromatic nitrogens is 2. The minimum Gasteiger partial charge on any atom is -0.490 e. The maximum atomic E-state index is 12.4. The van der Waals surface area contributed by atoms with E-state index in [4.69, 9.17) is 16.3 Å². The highest BCUT2D eigenvalue weighted by Crippen LogP contribution is 2.35. The van der Waals surface area contributed by atoms with Crippen LogP contribution in [0.25, 0.3) is 11.3 Å². The number of imidazole rings is 1. The Balaban J connectivity index is 2.45. The van der Waals surface area contributed by atoms with E-state index in [1.54, 1.807) is 26.0 Å². The lowest BCUT2D eigenvalue weighted by molar-refractivity contribution is -0.0514. The zero-order valence-corrected chi connectivity index (χ0v) is 11.6. The fraction of sp³-hybridized carbons (Fsp3) is 0.308. The number of hydrogen-bond donors (Lipinski definition) is 2. The van der Waals surface area contributed by atoms with E-state index in [1.165, 1.54) is 10.7 Å². The Bertz CT molecular complexity index is 643. The molecule has 1 aromatic heterocycles. The van der Waals surface area contributed by atoms with Gasteiger partial charge in [0.25, 0.3) is 0 Å². The van der Waals surface area contributed by atoms with Gasteiger partial charge in [-0.1, -0.05) is 0 Å². The summed E-state index contributed by atoms with van der Waals surface area (Å²) in [6, 6.07) is 4.49. The summed E-state index contributed by atoms with van der Waals surface area (Å²) < 4.78 is 35.7. The van der Waals surface area contributed by atoms with Gasteiger partial charge in [-0.25, -0.2) is 9.66 Å². The van der Waals surface area contributed by atoms with Gasteiger partial charge in [-0.05, 0) is 32.0 Å². The number of aryl methyl sites for hydroxylation is 1. The molecule has 0 radical (unpaired) electrons. The molecule has 4 N–H and O–H groups in total. The summed E-state index contributed by atoms with van der Waals surface area (Å²) >= 11 is 0. The van der Waals surface area contributed by atoms with E-state index in [2.05, 4.69) is 9.72 Å². The molecule has 0 aliphatic rings. The third-order valence-electron chi connectivity index (χ3n) is 2.86. The maximum absolute atomic E-state index is 12.4. The van der Waals surface area contributed by atoms with Crippen LogP contribution in [0.4, 0.5) is 14.6 Å². The van der Waals surface area contributed by atoms with E-state index < -0.39 is 6.61 Å². The van der Waals surface area contributed by atoms with Gasteiger partial charge >= 0.3 is 6.61 Å². The third-order valence-corrected chi connectivity index (χ3v) is 2.86. The number of anilines is 1. The topological polar surface area (TPSA) is 88.3 Å². The van der Waals surface area contributed by atoms with E-state index >= 15 is 0 Å². The van der Waals surface area contributed by atoms with Crippen molar-refractivity contribution in [2.24, 2.45) is 0 Å². The standard InChI is InChI=1S/C13H16F2N4O2/c1-3-20-10-6-8(4-5-9(10)21-13(14)15)11-12(16)19(17)7(2)18-11/h4-6,13H,3,16-17H2,1-2H3. The lowest BCUT2D eigenvalue weighted by atomic mass is 10.1. The molecule has 21 heavy (non-hydrogen) atoms. The SMILES string of the molecule is CCOc1cc(-c2nc(C)n(N)c2N)ccc1OC(F)F. The lowest BCUT2D eigenvalue weighted by Crippen LogP contribution is -2.13. The fourth-order valence-corrected chi connectivity index (χ4v) is 1.89. The van der Waals surface area contributed by atoms with Crippen molar-refractivity contribution >= 4 is 5.82 Å². The summed E-state index contributed by atoms with van der Waals surface area (Å²) in [4.78, 5) is 4.24. The molecule has 6 nitrogen and oxygen atoms in total. The van der Waals surface area contributed by atoms with E-state index in [0.717, 1.165) is 0 Å². The molecule has 0 aliphatic heterocycles. The second-order valence-corrected chi connectivity index (χ2v) is 4.24. The van der Waals surface area contributed by atoms with Crippen molar-refractivity contribution in [1.29, 1.82) is 0 Å². The van der Waals surface area contributed by atoms with Gasteiger partial charge in [-0.2, -0.15) is 8.78 Å². The van der Waals surface area contributed by atoms with Crippen LogP contribution in [0.2, 0.25) is 0 Å². The summed E-state index contributed by atoms with van der Waals surface area (Å²) in [5.41, 5.74) is 6.92. The van der Waals surface area contributed by atoms with Gasteiger partial charge in [-0.3, -0.25) is 0 Å². The Morgan fingerprint density at radius 3 is 2.57 bits per heavy atom. The molecule has 1 aromatic carbocycles. The molecule has 8 heteroatoms. The Kier molecular flexibility index (Phi) is 4.15. The van der Waals surface area contributed by atoms with Crippen molar-refractivity contribution in [1.82, 2.24) is 9.66 Å². The van der Waals surface area contributed by atoms with Crippen molar-refractivity contribution in [2.45, 2.75) is 20.5 Å². The van der Waals surface area contributed by atoms with Crippen LogP contribution in [-0.4, -0.2) is 22.9 Å². The Morgan fingerprint density at radius 2 is 2.05 bits per heavy atom. The largest absolute Gasteiger partial charge is 0.490 e. The highest BCUT2D eigenvalue weighted by Gasteiger charge is 2.16. The van der Waals surface area contributed by atoms with Crippen molar-refractivity contribution in [3.63, 3.8) is 0 Å². The zero-order chi connectivity index (χ0) is 15.6. The van der Waals surface area contributed by atoms with Crippen LogP contribution in [0.3, 0.4) is 0 Å². The molecule has 0 amide bonds. The van der Waals surface area contributed by atoms with E-state index in [-0.39, 0.29) is 17.3 Å². The van der Waals surface area contributed by atoms with Gasteiger partial charge in [0.2, 0.25) is 0 Å². The van der Waals surface area contributed by atoms with Crippen molar-refractivity contribution in [3.05, 3.63) is 24.0 Å². The van der Waals surface area contributed by atoms with E-state index in [0.29, 0.717) is 23.7 Å². The molecule has 0 unspecified atom stereocenters. The van der Waals surface area contributed by atoms with Gasteiger partial charge in [0.15, 0.2) is 17.3 Å². The van der Waals surface area contributed by atoms with Gasteiger partial charge in [-0.15, -0.1) is 0 Å². The summed E-state index contributed by atoms with van der Waals surface area (Å²) in [7, 11) is 0. The third kappa shape index (κ3) is 2.99. The van der Waals surface area contributed by atoms with Crippen LogP contribution in [0.15, 0.2) is 18.2 Å². The Hall–Kier alpha value is -2.51. The first kappa shape index (κ1) is 14.9. The minimum atomic E-state index is -2.93. The second-order valence-electron chi connectivity index (χ2n) is 4.24. The summed E-state index contributed by atoms with van der Waals surface area (Å²) in [6.45, 7) is 0.831. The molecule has 1 heterocycles. The van der Waals surface area contributed by atoms with Crippen LogP contribution in [-0.2, 0) is 0 Å². The molecule has 2 aromatic rings.